The monoisotopic (exact) mass is 425 g/mol. The Morgan fingerprint density at radius 3 is 2.97 bits per heavy atom. The van der Waals surface area contributed by atoms with Crippen LogP contribution in [0.25, 0.3) is 5.65 Å². The molecule has 2 N–H and O–H groups in total. The SMILES string of the molecule is C[C@H]1Cc2cc(NC(=O)c3cnn4cccnc34)c(N3CCC(F)(CO)CC3)cc2O1. The van der Waals surface area contributed by atoms with Gasteiger partial charge in [0.15, 0.2) is 5.65 Å². The Hall–Kier alpha value is -3.20. The minimum Gasteiger partial charge on any atom is -0.490 e. The van der Waals surface area contributed by atoms with E-state index in [1.54, 1.807) is 23.0 Å². The highest BCUT2D eigenvalue weighted by Gasteiger charge is 2.35. The second-order valence-electron chi connectivity index (χ2n) is 8.31. The Labute approximate surface area is 178 Å². The topological polar surface area (TPSA) is 92.0 Å². The molecule has 1 atom stereocenters. The average molecular weight is 425 g/mol. The number of hydrogen-bond donors (Lipinski definition) is 2. The lowest BCUT2D eigenvalue weighted by Crippen LogP contribution is -2.44. The molecule has 31 heavy (non-hydrogen) atoms. The van der Waals surface area contributed by atoms with E-state index >= 15 is 0 Å². The average Bonchev–Trinajstić information content (AvgIpc) is 3.36. The lowest BCUT2D eigenvalue weighted by Gasteiger charge is -2.37. The van der Waals surface area contributed by atoms with Crippen molar-refractivity contribution in [1.29, 1.82) is 0 Å². The molecule has 0 unspecified atom stereocenters. The molecule has 2 aromatic heterocycles. The maximum Gasteiger partial charge on any atom is 0.261 e. The summed E-state index contributed by atoms with van der Waals surface area (Å²) in [6.07, 6.45) is 6.12. The maximum absolute atomic E-state index is 14.5. The van der Waals surface area contributed by atoms with Gasteiger partial charge in [0, 0.05) is 56.4 Å². The predicted octanol–water partition coefficient (Wildman–Crippen LogP) is 2.61. The van der Waals surface area contributed by atoms with Crippen LogP contribution in [0.1, 0.15) is 35.7 Å². The van der Waals surface area contributed by atoms with Gasteiger partial charge in [0.1, 0.15) is 23.1 Å². The first kappa shape index (κ1) is 19.7. The van der Waals surface area contributed by atoms with Gasteiger partial charge in [0.2, 0.25) is 0 Å². The van der Waals surface area contributed by atoms with Crippen molar-refractivity contribution >= 4 is 22.9 Å². The molecule has 1 amide bonds. The van der Waals surface area contributed by atoms with Gasteiger partial charge < -0.3 is 20.1 Å². The maximum atomic E-state index is 14.5. The predicted molar refractivity (Wildman–Crippen MR) is 114 cm³/mol. The van der Waals surface area contributed by atoms with Crippen molar-refractivity contribution in [3.63, 3.8) is 0 Å². The fourth-order valence-corrected chi connectivity index (χ4v) is 4.30. The quantitative estimate of drug-likeness (QED) is 0.668. The van der Waals surface area contributed by atoms with Gasteiger partial charge in [-0.05, 0) is 19.1 Å². The number of anilines is 2. The molecule has 0 aliphatic carbocycles. The molecule has 9 heteroatoms. The van der Waals surface area contributed by atoms with Gasteiger partial charge in [-0.25, -0.2) is 13.9 Å². The second-order valence-corrected chi connectivity index (χ2v) is 8.31. The van der Waals surface area contributed by atoms with E-state index in [9.17, 15) is 14.3 Å². The lowest BCUT2D eigenvalue weighted by atomic mass is 9.93. The number of hydrogen-bond acceptors (Lipinski definition) is 6. The summed E-state index contributed by atoms with van der Waals surface area (Å²) in [5, 5.41) is 16.5. The van der Waals surface area contributed by atoms with Crippen LogP contribution in [-0.4, -0.2) is 57.1 Å². The summed E-state index contributed by atoms with van der Waals surface area (Å²) in [7, 11) is 0. The molecule has 2 aliphatic rings. The van der Waals surface area contributed by atoms with E-state index in [2.05, 4.69) is 15.4 Å². The molecule has 5 rings (SSSR count). The molecule has 0 radical (unpaired) electrons. The zero-order valence-electron chi connectivity index (χ0n) is 17.2. The number of fused-ring (bicyclic) bond motifs is 2. The Morgan fingerprint density at radius 2 is 2.19 bits per heavy atom. The summed E-state index contributed by atoms with van der Waals surface area (Å²) in [4.78, 5) is 19.4. The zero-order valence-corrected chi connectivity index (χ0v) is 17.2. The third kappa shape index (κ3) is 3.59. The first-order valence-corrected chi connectivity index (χ1v) is 10.4. The first-order chi connectivity index (χ1) is 15.0. The van der Waals surface area contributed by atoms with Crippen LogP contribution in [0.3, 0.4) is 0 Å². The summed E-state index contributed by atoms with van der Waals surface area (Å²) >= 11 is 0. The smallest absolute Gasteiger partial charge is 0.261 e. The van der Waals surface area contributed by atoms with Crippen LogP contribution in [0.15, 0.2) is 36.8 Å². The molecule has 0 saturated carbocycles. The Kier molecular flexibility index (Phi) is 4.77. The summed E-state index contributed by atoms with van der Waals surface area (Å²) in [6.45, 7) is 2.40. The third-order valence-corrected chi connectivity index (χ3v) is 6.07. The van der Waals surface area contributed by atoms with Crippen molar-refractivity contribution in [2.75, 3.05) is 29.9 Å². The number of benzene rings is 1. The van der Waals surface area contributed by atoms with Crippen molar-refractivity contribution in [3.05, 3.63) is 47.9 Å². The molecule has 1 fully saturated rings. The number of aliphatic hydroxyl groups is 1. The molecule has 2 aliphatic heterocycles. The molecule has 4 heterocycles. The molecular weight excluding hydrogens is 401 g/mol. The number of carbonyl (C=O) groups excluding carboxylic acids is 1. The number of aliphatic hydroxyl groups excluding tert-OH is 1. The van der Waals surface area contributed by atoms with Crippen LogP contribution in [0.4, 0.5) is 15.8 Å². The number of alkyl halides is 1. The van der Waals surface area contributed by atoms with Gasteiger partial charge in [-0.3, -0.25) is 4.79 Å². The van der Waals surface area contributed by atoms with E-state index in [-0.39, 0.29) is 24.9 Å². The summed E-state index contributed by atoms with van der Waals surface area (Å²) in [6, 6.07) is 5.61. The van der Waals surface area contributed by atoms with E-state index in [0.717, 1.165) is 23.4 Å². The Bertz CT molecular complexity index is 1140. The molecule has 0 spiro atoms. The van der Waals surface area contributed by atoms with Gasteiger partial charge in [0.05, 0.1) is 24.2 Å². The van der Waals surface area contributed by atoms with E-state index in [1.807, 2.05) is 24.0 Å². The second kappa shape index (κ2) is 7.49. The zero-order chi connectivity index (χ0) is 21.6. The number of piperidine rings is 1. The minimum absolute atomic E-state index is 0.0619. The third-order valence-electron chi connectivity index (χ3n) is 6.07. The molecule has 0 bridgehead atoms. The number of halogens is 1. The highest BCUT2D eigenvalue weighted by molar-refractivity contribution is 6.09. The largest absolute Gasteiger partial charge is 0.490 e. The van der Waals surface area contributed by atoms with Crippen LogP contribution < -0.4 is 15.0 Å². The van der Waals surface area contributed by atoms with Crippen molar-refractivity contribution in [2.45, 2.75) is 38.0 Å². The Balaban J connectivity index is 1.47. The van der Waals surface area contributed by atoms with E-state index in [0.29, 0.717) is 30.0 Å². The van der Waals surface area contributed by atoms with Crippen molar-refractivity contribution < 1.29 is 19.0 Å². The van der Waals surface area contributed by atoms with Crippen LogP contribution in [0.5, 0.6) is 5.75 Å². The number of amides is 1. The van der Waals surface area contributed by atoms with E-state index < -0.39 is 12.3 Å². The number of carbonyl (C=O) groups is 1. The van der Waals surface area contributed by atoms with Crippen LogP contribution in [0, 0.1) is 0 Å². The normalized spacial score (nSPS) is 19.8. The lowest BCUT2D eigenvalue weighted by molar-refractivity contribution is 0.0481. The summed E-state index contributed by atoms with van der Waals surface area (Å²) in [5.74, 6) is 0.478. The highest BCUT2D eigenvalue weighted by Crippen LogP contribution is 2.40. The van der Waals surface area contributed by atoms with Gasteiger partial charge >= 0.3 is 0 Å². The molecule has 162 valence electrons. The number of nitrogens with zero attached hydrogens (tertiary/aromatic N) is 4. The number of ether oxygens (including phenoxy) is 1. The number of rotatable bonds is 4. The summed E-state index contributed by atoms with van der Waals surface area (Å²) < 4.78 is 22.0. The van der Waals surface area contributed by atoms with Gasteiger partial charge in [0.25, 0.3) is 5.91 Å². The first-order valence-electron chi connectivity index (χ1n) is 10.4. The van der Waals surface area contributed by atoms with E-state index in [4.69, 9.17) is 4.74 Å². The standard InChI is InChI=1S/C22H24FN5O3/c1-14-9-15-10-17(26-21(30)16-12-25-28-6-2-5-24-20(16)28)18(11-19(15)31-14)27-7-3-22(23,13-29)4-8-27/h2,5-6,10-12,14,29H,3-4,7-9,13H2,1H3,(H,26,30)/t14-/m0/s1. The molecular formula is C22H24FN5O3. The molecule has 1 saturated heterocycles. The van der Waals surface area contributed by atoms with Crippen molar-refractivity contribution in [2.24, 2.45) is 0 Å². The molecule has 1 aromatic carbocycles. The number of nitrogens with one attached hydrogen (secondary N) is 1. The van der Waals surface area contributed by atoms with Crippen molar-refractivity contribution in [3.8, 4) is 5.75 Å². The fraction of sp³-hybridized carbons (Fsp3) is 0.409. The molecule has 3 aromatic rings. The minimum atomic E-state index is -1.55. The van der Waals surface area contributed by atoms with Gasteiger partial charge in [-0.15, -0.1) is 0 Å². The van der Waals surface area contributed by atoms with Crippen LogP contribution in [0.2, 0.25) is 0 Å². The van der Waals surface area contributed by atoms with Crippen molar-refractivity contribution in [1.82, 2.24) is 14.6 Å². The van der Waals surface area contributed by atoms with Gasteiger partial charge in [-0.2, -0.15) is 5.10 Å². The number of aromatic nitrogens is 3. The van der Waals surface area contributed by atoms with E-state index in [1.165, 1.54) is 6.20 Å². The van der Waals surface area contributed by atoms with Crippen LogP contribution >= 0.6 is 0 Å². The van der Waals surface area contributed by atoms with Gasteiger partial charge in [-0.1, -0.05) is 0 Å². The Morgan fingerprint density at radius 1 is 1.39 bits per heavy atom. The fourth-order valence-electron chi connectivity index (χ4n) is 4.30. The van der Waals surface area contributed by atoms with Crippen LogP contribution in [-0.2, 0) is 6.42 Å². The highest BCUT2D eigenvalue weighted by atomic mass is 19.1. The molecule has 8 nitrogen and oxygen atoms in total. The summed E-state index contributed by atoms with van der Waals surface area (Å²) in [5.41, 5.74) is 1.75.